The first kappa shape index (κ1) is 17.1. The third-order valence-electron chi connectivity index (χ3n) is 3.76. The molecule has 1 heterocycles. The molecule has 1 aliphatic rings. The number of likely N-dealkylation sites (N-methyl/N-ethyl adjacent to an activating group) is 1. The molecule has 0 amide bonds. The Morgan fingerprint density at radius 3 is 2.22 bits per heavy atom. The molecule has 6 nitrogen and oxygen atoms in total. The van der Waals surface area contributed by atoms with Gasteiger partial charge in [0.25, 0.3) is 0 Å². The SMILES string of the molecule is COc1cc(OC)c(C2=CCN(C)C[C@H]2OC(C)=O)c(OC)c1. The fourth-order valence-electron chi connectivity index (χ4n) is 2.70. The molecular weight excluding hydrogens is 298 g/mol. The van der Waals surface area contributed by atoms with Crippen molar-refractivity contribution >= 4 is 11.5 Å². The molecule has 0 saturated heterocycles. The molecule has 0 aliphatic carbocycles. The van der Waals surface area contributed by atoms with Gasteiger partial charge in [-0.2, -0.15) is 0 Å². The molecule has 0 fully saturated rings. The van der Waals surface area contributed by atoms with E-state index >= 15 is 0 Å². The fraction of sp³-hybridized carbons (Fsp3) is 0.471. The number of hydrogen-bond acceptors (Lipinski definition) is 6. The van der Waals surface area contributed by atoms with Gasteiger partial charge in [0.1, 0.15) is 23.4 Å². The van der Waals surface area contributed by atoms with E-state index in [1.807, 2.05) is 13.1 Å². The molecule has 1 aromatic rings. The second-order valence-electron chi connectivity index (χ2n) is 5.39. The van der Waals surface area contributed by atoms with Crippen LogP contribution in [0.2, 0.25) is 0 Å². The van der Waals surface area contributed by atoms with Gasteiger partial charge < -0.3 is 18.9 Å². The van der Waals surface area contributed by atoms with E-state index in [4.69, 9.17) is 18.9 Å². The molecule has 0 bridgehead atoms. The van der Waals surface area contributed by atoms with E-state index in [-0.39, 0.29) is 12.1 Å². The topological polar surface area (TPSA) is 57.2 Å². The highest BCUT2D eigenvalue weighted by atomic mass is 16.5. The van der Waals surface area contributed by atoms with Crippen molar-refractivity contribution in [2.24, 2.45) is 0 Å². The molecule has 23 heavy (non-hydrogen) atoms. The smallest absolute Gasteiger partial charge is 0.303 e. The third kappa shape index (κ3) is 3.76. The van der Waals surface area contributed by atoms with Crippen LogP contribution in [0.5, 0.6) is 17.2 Å². The lowest BCUT2D eigenvalue weighted by Crippen LogP contribution is -2.37. The molecule has 0 spiro atoms. The van der Waals surface area contributed by atoms with Crippen LogP contribution >= 0.6 is 0 Å². The minimum Gasteiger partial charge on any atom is -0.496 e. The monoisotopic (exact) mass is 321 g/mol. The van der Waals surface area contributed by atoms with Gasteiger partial charge >= 0.3 is 5.97 Å². The first-order valence-corrected chi connectivity index (χ1v) is 7.36. The summed E-state index contributed by atoms with van der Waals surface area (Å²) in [7, 11) is 6.75. The first-order chi connectivity index (χ1) is 11.0. The maximum Gasteiger partial charge on any atom is 0.303 e. The van der Waals surface area contributed by atoms with E-state index in [0.717, 1.165) is 17.7 Å². The number of hydrogen-bond donors (Lipinski definition) is 0. The van der Waals surface area contributed by atoms with Crippen LogP contribution in [-0.4, -0.2) is 58.4 Å². The summed E-state index contributed by atoms with van der Waals surface area (Å²) < 4.78 is 21.8. The van der Waals surface area contributed by atoms with Crippen molar-refractivity contribution < 1.29 is 23.7 Å². The highest BCUT2D eigenvalue weighted by Gasteiger charge is 2.29. The molecule has 0 aromatic heterocycles. The lowest BCUT2D eigenvalue weighted by atomic mass is 9.95. The standard InChI is InChI=1S/C17H23NO5/c1-11(19)23-16-10-18(2)7-6-13(16)17-14(21-4)8-12(20-3)9-15(17)22-5/h6,8-9,16H,7,10H2,1-5H3/t16-/m1/s1. The van der Waals surface area contributed by atoms with Gasteiger partial charge in [0, 0.05) is 37.7 Å². The van der Waals surface area contributed by atoms with Crippen molar-refractivity contribution in [1.29, 1.82) is 0 Å². The Morgan fingerprint density at radius 2 is 1.74 bits per heavy atom. The lowest BCUT2D eigenvalue weighted by Gasteiger charge is -2.31. The number of methoxy groups -OCH3 is 3. The molecule has 6 heteroatoms. The second kappa shape index (κ2) is 7.37. The third-order valence-corrected chi connectivity index (χ3v) is 3.76. The highest BCUT2D eigenvalue weighted by molar-refractivity contribution is 5.81. The summed E-state index contributed by atoms with van der Waals surface area (Å²) in [4.78, 5) is 13.5. The Bertz CT molecular complexity index is 586. The number of rotatable bonds is 5. The quantitative estimate of drug-likeness (QED) is 0.773. The summed E-state index contributed by atoms with van der Waals surface area (Å²) in [5.74, 6) is 1.56. The molecule has 0 N–H and O–H groups in total. The second-order valence-corrected chi connectivity index (χ2v) is 5.39. The molecule has 126 valence electrons. The molecule has 1 aromatic carbocycles. The summed E-state index contributed by atoms with van der Waals surface area (Å²) in [5.41, 5.74) is 1.67. The van der Waals surface area contributed by atoms with E-state index in [2.05, 4.69) is 4.90 Å². The number of nitrogens with zero attached hydrogens (tertiary/aromatic N) is 1. The Kier molecular flexibility index (Phi) is 5.50. The van der Waals surface area contributed by atoms with Gasteiger partial charge in [0.2, 0.25) is 0 Å². The van der Waals surface area contributed by atoms with E-state index in [1.165, 1.54) is 6.92 Å². The lowest BCUT2D eigenvalue weighted by molar-refractivity contribution is -0.144. The van der Waals surface area contributed by atoms with Crippen molar-refractivity contribution in [1.82, 2.24) is 4.90 Å². The van der Waals surface area contributed by atoms with Crippen molar-refractivity contribution in [2.75, 3.05) is 41.5 Å². The molecule has 0 unspecified atom stereocenters. The molecule has 0 saturated carbocycles. The Labute approximate surface area is 136 Å². The van der Waals surface area contributed by atoms with Crippen LogP contribution in [0, 0.1) is 0 Å². The zero-order valence-corrected chi connectivity index (χ0v) is 14.2. The zero-order valence-electron chi connectivity index (χ0n) is 14.2. The minimum atomic E-state index is -0.373. The van der Waals surface area contributed by atoms with Crippen molar-refractivity contribution in [2.45, 2.75) is 13.0 Å². The van der Waals surface area contributed by atoms with Crippen LogP contribution in [-0.2, 0) is 9.53 Å². The average molecular weight is 321 g/mol. The number of carbonyl (C=O) groups is 1. The predicted molar refractivity (Wildman–Crippen MR) is 87.1 cm³/mol. The van der Waals surface area contributed by atoms with Gasteiger partial charge in [0.05, 0.1) is 26.9 Å². The molecule has 0 radical (unpaired) electrons. The van der Waals surface area contributed by atoms with Gasteiger partial charge in [-0.3, -0.25) is 9.69 Å². The van der Waals surface area contributed by atoms with Crippen molar-refractivity contribution in [3.8, 4) is 17.2 Å². The van der Waals surface area contributed by atoms with E-state index in [0.29, 0.717) is 23.8 Å². The number of ether oxygens (including phenoxy) is 4. The summed E-state index contributed by atoms with van der Waals surface area (Å²) in [6.07, 6.45) is 1.66. The van der Waals surface area contributed by atoms with E-state index in [1.54, 1.807) is 33.5 Å². The van der Waals surface area contributed by atoms with Crippen LogP contribution < -0.4 is 14.2 Å². The summed E-state index contributed by atoms with van der Waals surface area (Å²) >= 11 is 0. The first-order valence-electron chi connectivity index (χ1n) is 7.36. The van der Waals surface area contributed by atoms with Crippen molar-refractivity contribution in [3.63, 3.8) is 0 Å². The van der Waals surface area contributed by atoms with Crippen LogP contribution in [0.15, 0.2) is 18.2 Å². The normalized spacial score (nSPS) is 18.1. The van der Waals surface area contributed by atoms with Crippen LogP contribution in [0.4, 0.5) is 0 Å². The zero-order chi connectivity index (χ0) is 17.0. The largest absolute Gasteiger partial charge is 0.496 e. The maximum absolute atomic E-state index is 11.5. The van der Waals surface area contributed by atoms with Crippen molar-refractivity contribution in [3.05, 3.63) is 23.8 Å². The Balaban J connectivity index is 2.55. The molecule has 1 atom stereocenters. The molecule has 2 rings (SSSR count). The van der Waals surface area contributed by atoms with Gasteiger partial charge in [-0.15, -0.1) is 0 Å². The van der Waals surface area contributed by atoms with Crippen LogP contribution in [0.1, 0.15) is 12.5 Å². The Morgan fingerprint density at radius 1 is 1.13 bits per heavy atom. The average Bonchev–Trinajstić information content (AvgIpc) is 2.53. The maximum atomic E-state index is 11.5. The van der Waals surface area contributed by atoms with E-state index < -0.39 is 0 Å². The van der Waals surface area contributed by atoms with Gasteiger partial charge in [0.15, 0.2) is 0 Å². The minimum absolute atomic E-state index is 0.317. The van der Waals surface area contributed by atoms with E-state index in [9.17, 15) is 4.79 Å². The number of benzene rings is 1. The summed E-state index contributed by atoms with van der Waals surface area (Å²) in [6.45, 7) is 2.78. The Hall–Kier alpha value is -2.21. The van der Waals surface area contributed by atoms with Gasteiger partial charge in [-0.1, -0.05) is 6.08 Å². The molecule has 1 aliphatic heterocycles. The molecular formula is C17H23NO5. The fourth-order valence-corrected chi connectivity index (χ4v) is 2.70. The van der Waals surface area contributed by atoms with Gasteiger partial charge in [-0.25, -0.2) is 0 Å². The van der Waals surface area contributed by atoms with Gasteiger partial charge in [-0.05, 0) is 7.05 Å². The highest BCUT2D eigenvalue weighted by Crippen LogP contribution is 2.41. The summed E-state index contributed by atoms with van der Waals surface area (Å²) in [6, 6.07) is 3.59. The number of carbonyl (C=O) groups excluding carboxylic acids is 1. The van der Waals surface area contributed by atoms with Crippen LogP contribution in [0.3, 0.4) is 0 Å². The summed E-state index contributed by atoms with van der Waals surface area (Å²) in [5, 5.41) is 0. The predicted octanol–water partition coefficient (Wildman–Crippen LogP) is 1.97. The number of esters is 1. The van der Waals surface area contributed by atoms with Crippen LogP contribution in [0.25, 0.3) is 5.57 Å².